The van der Waals surface area contributed by atoms with Crippen molar-refractivity contribution in [3.63, 3.8) is 0 Å². The average molecular weight is 452 g/mol. The second-order valence-electron chi connectivity index (χ2n) is 8.22. The molecule has 2 fully saturated rings. The van der Waals surface area contributed by atoms with E-state index in [1.165, 1.54) is 4.90 Å². The van der Waals surface area contributed by atoms with Crippen LogP contribution < -0.4 is 5.32 Å². The number of piperazine rings is 1. The molecule has 3 heterocycles. The number of fused-ring (bicyclic) bond motifs is 1. The van der Waals surface area contributed by atoms with Crippen LogP contribution in [0.4, 0.5) is 4.79 Å². The number of carbonyl (C=O) groups excluding carboxylic acids is 4. The number of hydrogen-bond acceptors (Lipinski definition) is 6. The van der Waals surface area contributed by atoms with E-state index in [0.717, 1.165) is 17.9 Å². The largest absolute Gasteiger partial charge is 0.465 e. The first-order valence-electron chi connectivity index (χ1n) is 10.9. The lowest BCUT2D eigenvalue weighted by Crippen LogP contribution is -2.54. The number of unbranched alkanes of at least 4 members (excludes halogenated alkanes) is 1. The van der Waals surface area contributed by atoms with Gasteiger partial charge in [0.25, 0.3) is 11.8 Å². The quantitative estimate of drug-likeness (QED) is 0.387. The molecular formula is C23H24N4O6. The molecule has 10 heteroatoms. The Morgan fingerprint density at radius 3 is 2.48 bits per heavy atom. The van der Waals surface area contributed by atoms with Crippen molar-refractivity contribution in [2.24, 2.45) is 0 Å². The molecule has 1 aromatic carbocycles. The van der Waals surface area contributed by atoms with Crippen molar-refractivity contribution in [2.45, 2.75) is 31.7 Å². The van der Waals surface area contributed by atoms with Gasteiger partial charge in [0.2, 0.25) is 11.8 Å². The second-order valence-corrected chi connectivity index (χ2v) is 8.22. The summed E-state index contributed by atoms with van der Waals surface area (Å²) in [4.78, 5) is 64.6. The van der Waals surface area contributed by atoms with Crippen molar-refractivity contribution >= 4 is 29.7 Å². The Kier molecular flexibility index (Phi) is 6.42. The summed E-state index contributed by atoms with van der Waals surface area (Å²) in [5.41, 5.74) is 1.05. The minimum Gasteiger partial charge on any atom is -0.465 e. The molecule has 1 aromatic rings. The summed E-state index contributed by atoms with van der Waals surface area (Å²) in [5.74, 6) is 3.97. The van der Waals surface area contributed by atoms with Gasteiger partial charge in [-0.25, -0.2) is 4.79 Å². The van der Waals surface area contributed by atoms with Crippen LogP contribution in [0.15, 0.2) is 18.2 Å². The number of rotatable bonds is 4. The highest BCUT2D eigenvalue weighted by Gasteiger charge is 2.44. The Morgan fingerprint density at radius 1 is 1.06 bits per heavy atom. The minimum atomic E-state index is -0.984. The van der Waals surface area contributed by atoms with Gasteiger partial charge >= 0.3 is 6.09 Å². The third kappa shape index (κ3) is 4.73. The van der Waals surface area contributed by atoms with Gasteiger partial charge in [0, 0.05) is 44.6 Å². The number of carboxylic acid groups (broad SMARTS) is 1. The normalized spacial score (nSPS) is 20.9. The van der Waals surface area contributed by atoms with Gasteiger partial charge in [-0.3, -0.25) is 34.3 Å². The van der Waals surface area contributed by atoms with Gasteiger partial charge in [-0.05, 0) is 37.6 Å². The Bertz CT molecular complexity index is 1080. The van der Waals surface area contributed by atoms with Crippen LogP contribution in [0.2, 0.25) is 0 Å². The van der Waals surface area contributed by atoms with Crippen molar-refractivity contribution < 1.29 is 29.1 Å². The Balaban J connectivity index is 1.33. The molecule has 172 valence electrons. The molecule has 4 rings (SSSR count). The van der Waals surface area contributed by atoms with Crippen LogP contribution in [-0.2, 0) is 9.59 Å². The maximum atomic E-state index is 12.8. The highest BCUT2D eigenvalue weighted by atomic mass is 16.4. The van der Waals surface area contributed by atoms with E-state index in [1.54, 1.807) is 18.2 Å². The molecule has 3 aliphatic heterocycles. The van der Waals surface area contributed by atoms with Crippen LogP contribution >= 0.6 is 0 Å². The summed E-state index contributed by atoms with van der Waals surface area (Å²) in [7, 11) is 0. The minimum absolute atomic E-state index is 0.0791. The van der Waals surface area contributed by atoms with E-state index in [1.807, 2.05) is 0 Å². The highest BCUT2D eigenvalue weighted by molar-refractivity contribution is 6.23. The Hall–Kier alpha value is -3.71. The van der Waals surface area contributed by atoms with Gasteiger partial charge in [-0.1, -0.05) is 11.8 Å². The predicted molar refractivity (Wildman–Crippen MR) is 115 cm³/mol. The Labute approximate surface area is 190 Å². The van der Waals surface area contributed by atoms with Gasteiger partial charge < -0.3 is 10.0 Å². The number of nitrogens with one attached hydrogen (secondary N) is 1. The number of hydrogen-bond donors (Lipinski definition) is 2. The van der Waals surface area contributed by atoms with Crippen molar-refractivity contribution in [3.05, 3.63) is 34.9 Å². The molecule has 0 saturated carbocycles. The molecule has 1 atom stereocenters. The number of amides is 5. The molecule has 5 amide bonds. The van der Waals surface area contributed by atoms with Crippen molar-refractivity contribution in [3.8, 4) is 11.8 Å². The number of benzene rings is 1. The molecule has 1 unspecified atom stereocenters. The molecule has 0 spiro atoms. The molecule has 0 aromatic heterocycles. The Morgan fingerprint density at radius 2 is 1.79 bits per heavy atom. The monoisotopic (exact) mass is 452 g/mol. The first kappa shape index (κ1) is 22.5. The number of nitrogens with zero attached hydrogens (tertiary/aromatic N) is 3. The lowest BCUT2D eigenvalue weighted by molar-refractivity contribution is -0.136. The van der Waals surface area contributed by atoms with Crippen LogP contribution in [-0.4, -0.2) is 88.3 Å². The van der Waals surface area contributed by atoms with Crippen LogP contribution in [0.25, 0.3) is 0 Å². The second kappa shape index (κ2) is 9.42. The summed E-state index contributed by atoms with van der Waals surface area (Å²) >= 11 is 0. The smallest absolute Gasteiger partial charge is 0.407 e. The summed E-state index contributed by atoms with van der Waals surface area (Å²) in [6.45, 7) is 3.28. The number of imide groups is 2. The summed E-state index contributed by atoms with van der Waals surface area (Å²) in [5, 5.41) is 11.2. The zero-order valence-corrected chi connectivity index (χ0v) is 18.0. The van der Waals surface area contributed by atoms with Crippen LogP contribution in [0.1, 0.15) is 52.0 Å². The van der Waals surface area contributed by atoms with E-state index in [4.69, 9.17) is 5.11 Å². The number of carbonyl (C=O) groups is 5. The van der Waals surface area contributed by atoms with E-state index < -0.39 is 35.8 Å². The highest BCUT2D eigenvalue weighted by Crippen LogP contribution is 2.28. The summed E-state index contributed by atoms with van der Waals surface area (Å²) in [6, 6.07) is 3.81. The van der Waals surface area contributed by atoms with E-state index in [2.05, 4.69) is 22.1 Å². The molecule has 33 heavy (non-hydrogen) atoms. The van der Waals surface area contributed by atoms with E-state index in [0.29, 0.717) is 38.2 Å². The molecule has 0 bridgehead atoms. The molecule has 0 radical (unpaired) electrons. The van der Waals surface area contributed by atoms with Crippen molar-refractivity contribution in [2.75, 3.05) is 32.7 Å². The molecule has 2 saturated heterocycles. The predicted octanol–water partition coefficient (Wildman–Crippen LogP) is 0.515. The zero-order valence-electron chi connectivity index (χ0n) is 18.0. The van der Waals surface area contributed by atoms with Crippen LogP contribution in [0.5, 0.6) is 0 Å². The summed E-state index contributed by atoms with van der Waals surface area (Å²) in [6.07, 6.45) is 0.802. The third-order valence-electron chi connectivity index (χ3n) is 6.09. The molecular weight excluding hydrogens is 428 g/mol. The third-order valence-corrected chi connectivity index (χ3v) is 6.09. The zero-order chi connectivity index (χ0) is 23.5. The molecule has 2 N–H and O–H groups in total. The van der Waals surface area contributed by atoms with Crippen LogP contribution in [0.3, 0.4) is 0 Å². The fourth-order valence-electron chi connectivity index (χ4n) is 4.27. The first-order chi connectivity index (χ1) is 15.8. The summed E-state index contributed by atoms with van der Waals surface area (Å²) < 4.78 is 0. The van der Waals surface area contributed by atoms with Crippen LogP contribution in [0, 0.1) is 11.8 Å². The maximum absolute atomic E-state index is 12.8. The standard InChI is InChI=1S/C23H24N4O6/c28-19-8-7-18(20(29)24-19)27-21(30)16-6-5-15(14-17(16)22(27)31)4-2-1-3-9-25-10-12-26(13-11-25)23(32)33/h5-6,14,18H,1,3,7-13H2,(H,32,33)(H,24,28,29). The fourth-order valence-corrected chi connectivity index (χ4v) is 4.27. The van der Waals surface area contributed by atoms with Gasteiger partial charge in [0.15, 0.2) is 0 Å². The van der Waals surface area contributed by atoms with Gasteiger partial charge in [-0.15, -0.1) is 0 Å². The SMILES string of the molecule is O=C1CCC(N2C(=O)c3ccc(C#CCCCN4CCN(C(=O)O)CC4)cc3C2=O)C(=O)N1. The van der Waals surface area contributed by atoms with E-state index >= 15 is 0 Å². The lowest BCUT2D eigenvalue weighted by Gasteiger charge is -2.32. The maximum Gasteiger partial charge on any atom is 0.407 e. The molecule has 0 aliphatic carbocycles. The van der Waals surface area contributed by atoms with Crippen molar-refractivity contribution in [1.29, 1.82) is 0 Å². The van der Waals surface area contributed by atoms with Gasteiger partial charge in [0.1, 0.15) is 6.04 Å². The molecule has 10 nitrogen and oxygen atoms in total. The number of piperidine rings is 1. The first-order valence-corrected chi connectivity index (χ1v) is 10.9. The lowest BCUT2D eigenvalue weighted by atomic mass is 10.0. The topological polar surface area (TPSA) is 127 Å². The van der Waals surface area contributed by atoms with Gasteiger partial charge in [-0.2, -0.15) is 0 Å². The van der Waals surface area contributed by atoms with Gasteiger partial charge in [0.05, 0.1) is 11.1 Å². The average Bonchev–Trinajstić information content (AvgIpc) is 3.04. The van der Waals surface area contributed by atoms with E-state index in [9.17, 15) is 24.0 Å². The van der Waals surface area contributed by atoms with E-state index in [-0.39, 0.29) is 24.0 Å². The van der Waals surface area contributed by atoms with Crippen molar-refractivity contribution in [1.82, 2.24) is 20.0 Å². The molecule has 3 aliphatic rings. The fraction of sp³-hybridized carbons (Fsp3) is 0.435.